The predicted octanol–water partition coefficient (Wildman–Crippen LogP) is 4.41. The van der Waals surface area contributed by atoms with E-state index in [9.17, 15) is 0 Å². The molecular weight excluding hydrogens is 194 g/mol. The highest BCUT2D eigenvalue weighted by molar-refractivity contribution is 5.46. The summed E-state index contributed by atoms with van der Waals surface area (Å²) in [6, 6.07) is 9.62. The fourth-order valence-corrected chi connectivity index (χ4v) is 2.23. The maximum Gasteiger partial charge on any atom is 0.0342 e. The van der Waals surface area contributed by atoms with Crippen LogP contribution in [0.2, 0.25) is 0 Å². The normalized spacial score (nSPS) is 17.5. The van der Waals surface area contributed by atoms with Crippen LogP contribution in [0.25, 0.3) is 0 Å². The Bertz CT molecular complexity index is 322. The van der Waals surface area contributed by atoms with Gasteiger partial charge >= 0.3 is 0 Å². The SMILES string of the molecule is CCC(Nc1ccc(C(C)C)cc1)C1CC1. The lowest BCUT2D eigenvalue weighted by atomic mass is 10.0. The van der Waals surface area contributed by atoms with Crippen molar-refractivity contribution in [3.05, 3.63) is 29.8 Å². The van der Waals surface area contributed by atoms with E-state index in [1.54, 1.807) is 0 Å². The van der Waals surface area contributed by atoms with Gasteiger partial charge in [0.1, 0.15) is 0 Å². The maximum atomic E-state index is 3.66. The fraction of sp³-hybridized carbons (Fsp3) is 0.600. The molecule has 1 aliphatic carbocycles. The Morgan fingerprint density at radius 3 is 2.25 bits per heavy atom. The summed E-state index contributed by atoms with van der Waals surface area (Å²) in [6.07, 6.45) is 4.06. The van der Waals surface area contributed by atoms with Gasteiger partial charge in [0.15, 0.2) is 0 Å². The molecule has 2 rings (SSSR count). The van der Waals surface area contributed by atoms with Crippen molar-refractivity contribution in [1.82, 2.24) is 0 Å². The molecule has 1 aromatic rings. The molecule has 0 saturated heterocycles. The van der Waals surface area contributed by atoms with E-state index in [0.29, 0.717) is 12.0 Å². The number of hydrogen-bond acceptors (Lipinski definition) is 1. The molecule has 0 amide bonds. The van der Waals surface area contributed by atoms with Crippen LogP contribution < -0.4 is 5.32 Å². The third kappa shape index (κ3) is 2.78. The van der Waals surface area contributed by atoms with Crippen molar-refractivity contribution >= 4 is 5.69 Å². The van der Waals surface area contributed by atoms with Gasteiger partial charge in [0.05, 0.1) is 0 Å². The van der Waals surface area contributed by atoms with Gasteiger partial charge in [-0.15, -0.1) is 0 Å². The van der Waals surface area contributed by atoms with E-state index in [1.165, 1.54) is 30.5 Å². The highest BCUT2D eigenvalue weighted by Crippen LogP contribution is 2.35. The van der Waals surface area contributed by atoms with Crippen molar-refractivity contribution in [1.29, 1.82) is 0 Å². The van der Waals surface area contributed by atoms with Crippen molar-refractivity contribution in [3.8, 4) is 0 Å². The molecular formula is C15H23N. The number of benzene rings is 1. The third-order valence-electron chi connectivity index (χ3n) is 3.56. The second kappa shape index (κ2) is 4.90. The molecule has 1 aliphatic rings. The number of anilines is 1. The number of rotatable bonds is 5. The molecule has 1 fully saturated rings. The summed E-state index contributed by atoms with van der Waals surface area (Å²) in [4.78, 5) is 0. The Morgan fingerprint density at radius 2 is 1.81 bits per heavy atom. The molecule has 1 heteroatoms. The zero-order valence-electron chi connectivity index (χ0n) is 10.7. The van der Waals surface area contributed by atoms with Gasteiger partial charge in [-0.3, -0.25) is 0 Å². The minimum absolute atomic E-state index is 0.624. The van der Waals surface area contributed by atoms with Crippen LogP contribution in [0.15, 0.2) is 24.3 Å². The van der Waals surface area contributed by atoms with Crippen LogP contribution in [0.3, 0.4) is 0 Å². The molecule has 1 N–H and O–H groups in total. The van der Waals surface area contributed by atoms with Gasteiger partial charge in [-0.05, 0) is 48.8 Å². The van der Waals surface area contributed by atoms with Crippen LogP contribution in [-0.2, 0) is 0 Å². The average molecular weight is 217 g/mol. The van der Waals surface area contributed by atoms with Crippen LogP contribution >= 0.6 is 0 Å². The summed E-state index contributed by atoms with van der Waals surface area (Å²) in [5, 5.41) is 3.66. The first-order valence-electron chi connectivity index (χ1n) is 6.57. The van der Waals surface area contributed by atoms with Crippen molar-refractivity contribution in [2.45, 2.75) is 52.0 Å². The standard InChI is InChI=1S/C15H23N/c1-4-15(13-5-6-13)16-14-9-7-12(8-10-14)11(2)3/h7-11,13,15-16H,4-6H2,1-3H3. The highest BCUT2D eigenvalue weighted by atomic mass is 14.9. The number of hydrogen-bond donors (Lipinski definition) is 1. The lowest BCUT2D eigenvalue weighted by molar-refractivity contribution is 0.616. The quantitative estimate of drug-likeness (QED) is 0.770. The summed E-state index contributed by atoms with van der Waals surface area (Å²) in [7, 11) is 0. The van der Waals surface area contributed by atoms with Gasteiger partial charge in [-0.1, -0.05) is 32.9 Å². The topological polar surface area (TPSA) is 12.0 Å². The van der Waals surface area contributed by atoms with Crippen LogP contribution in [-0.4, -0.2) is 6.04 Å². The van der Waals surface area contributed by atoms with Gasteiger partial charge in [0.25, 0.3) is 0 Å². The van der Waals surface area contributed by atoms with E-state index in [1.807, 2.05) is 0 Å². The van der Waals surface area contributed by atoms with Crippen molar-refractivity contribution < 1.29 is 0 Å². The molecule has 1 saturated carbocycles. The van der Waals surface area contributed by atoms with Crippen LogP contribution in [0.4, 0.5) is 5.69 Å². The van der Waals surface area contributed by atoms with Gasteiger partial charge in [-0.2, -0.15) is 0 Å². The first-order valence-corrected chi connectivity index (χ1v) is 6.57. The minimum atomic E-state index is 0.624. The van der Waals surface area contributed by atoms with Crippen molar-refractivity contribution in [3.63, 3.8) is 0 Å². The molecule has 0 aliphatic heterocycles. The molecule has 0 spiro atoms. The predicted molar refractivity (Wildman–Crippen MR) is 71.0 cm³/mol. The van der Waals surface area contributed by atoms with Crippen molar-refractivity contribution in [2.75, 3.05) is 5.32 Å². The molecule has 1 unspecified atom stereocenters. The molecule has 0 heterocycles. The van der Waals surface area contributed by atoms with E-state index < -0.39 is 0 Å². The first kappa shape index (κ1) is 11.5. The summed E-state index contributed by atoms with van der Waals surface area (Å²) in [5.74, 6) is 1.55. The molecule has 0 radical (unpaired) electrons. The first-order chi connectivity index (χ1) is 7.70. The summed E-state index contributed by atoms with van der Waals surface area (Å²) >= 11 is 0. The van der Waals surface area contributed by atoms with Crippen LogP contribution in [0.5, 0.6) is 0 Å². The maximum absolute atomic E-state index is 3.66. The van der Waals surface area contributed by atoms with E-state index in [4.69, 9.17) is 0 Å². The zero-order chi connectivity index (χ0) is 11.5. The molecule has 1 nitrogen and oxygen atoms in total. The molecule has 0 bridgehead atoms. The van der Waals surface area contributed by atoms with Gasteiger partial charge in [-0.25, -0.2) is 0 Å². The van der Waals surface area contributed by atoms with E-state index in [0.717, 1.165) is 5.92 Å². The van der Waals surface area contributed by atoms with Gasteiger partial charge < -0.3 is 5.32 Å². The van der Waals surface area contributed by atoms with Gasteiger partial charge in [0, 0.05) is 11.7 Å². The number of nitrogens with one attached hydrogen (secondary N) is 1. The highest BCUT2D eigenvalue weighted by Gasteiger charge is 2.29. The van der Waals surface area contributed by atoms with Crippen LogP contribution in [0, 0.1) is 5.92 Å². The van der Waals surface area contributed by atoms with E-state index in [-0.39, 0.29) is 0 Å². The fourth-order valence-electron chi connectivity index (χ4n) is 2.23. The lowest BCUT2D eigenvalue weighted by Crippen LogP contribution is -2.20. The van der Waals surface area contributed by atoms with Crippen LogP contribution in [0.1, 0.15) is 51.5 Å². The zero-order valence-corrected chi connectivity index (χ0v) is 10.7. The second-order valence-electron chi connectivity index (χ2n) is 5.27. The molecule has 88 valence electrons. The largest absolute Gasteiger partial charge is 0.382 e. The Kier molecular flexibility index (Phi) is 3.52. The van der Waals surface area contributed by atoms with E-state index >= 15 is 0 Å². The Morgan fingerprint density at radius 1 is 1.19 bits per heavy atom. The van der Waals surface area contributed by atoms with Gasteiger partial charge in [0.2, 0.25) is 0 Å². The second-order valence-corrected chi connectivity index (χ2v) is 5.27. The lowest BCUT2D eigenvalue weighted by Gasteiger charge is -2.18. The smallest absolute Gasteiger partial charge is 0.0342 e. The third-order valence-corrected chi connectivity index (χ3v) is 3.56. The van der Waals surface area contributed by atoms with Crippen molar-refractivity contribution in [2.24, 2.45) is 5.92 Å². The molecule has 1 aromatic carbocycles. The summed E-state index contributed by atoms with van der Waals surface area (Å²) < 4.78 is 0. The molecule has 1 atom stereocenters. The summed E-state index contributed by atoms with van der Waals surface area (Å²) in [5.41, 5.74) is 2.70. The summed E-state index contributed by atoms with van der Waals surface area (Å²) in [6.45, 7) is 6.75. The van der Waals surface area contributed by atoms with E-state index in [2.05, 4.69) is 50.4 Å². The Balaban J connectivity index is 1.98. The minimum Gasteiger partial charge on any atom is -0.382 e. The molecule has 0 aromatic heterocycles. The monoisotopic (exact) mass is 217 g/mol. The Hall–Kier alpha value is -0.980. The Labute approximate surface area is 99.3 Å². The average Bonchev–Trinajstić information content (AvgIpc) is 3.10. The molecule has 16 heavy (non-hydrogen) atoms.